The summed E-state index contributed by atoms with van der Waals surface area (Å²) < 4.78 is 5.20. The van der Waals surface area contributed by atoms with Gasteiger partial charge in [0.05, 0.1) is 12.6 Å². The fourth-order valence-corrected chi connectivity index (χ4v) is 3.81. The molecule has 1 heterocycles. The number of hydrogen-bond acceptors (Lipinski definition) is 7. The minimum Gasteiger partial charge on any atom is -0.497 e. The smallest absolute Gasteiger partial charge is 0.256 e. The first-order chi connectivity index (χ1) is 16.9. The van der Waals surface area contributed by atoms with Crippen molar-refractivity contribution in [1.82, 2.24) is 10.2 Å². The second kappa shape index (κ2) is 8.96. The van der Waals surface area contributed by atoms with Gasteiger partial charge in [-0.25, -0.2) is 0 Å². The maximum absolute atomic E-state index is 12.6. The number of aromatic amines is 1. The van der Waals surface area contributed by atoms with Gasteiger partial charge in [0.15, 0.2) is 5.82 Å². The highest BCUT2D eigenvalue weighted by Crippen LogP contribution is 2.29. The van der Waals surface area contributed by atoms with Crippen LogP contribution in [-0.4, -0.2) is 23.2 Å². The highest BCUT2D eigenvalue weighted by Gasteiger charge is 2.22. The van der Waals surface area contributed by atoms with Gasteiger partial charge in [-0.3, -0.25) is 19.5 Å². The van der Waals surface area contributed by atoms with Crippen LogP contribution in [0.1, 0.15) is 10.4 Å². The number of carbonyl (C=O) groups excluding carboxylic acids is 1. The van der Waals surface area contributed by atoms with Crippen molar-refractivity contribution >= 4 is 57.0 Å². The third kappa shape index (κ3) is 4.32. The van der Waals surface area contributed by atoms with Crippen molar-refractivity contribution in [2.24, 2.45) is 0 Å². The van der Waals surface area contributed by atoms with Gasteiger partial charge in [0, 0.05) is 33.4 Å². The number of nitrogens with one attached hydrogen (secondary N) is 4. The second-order valence-corrected chi connectivity index (χ2v) is 8.12. The van der Waals surface area contributed by atoms with Crippen LogP contribution in [0.15, 0.2) is 76.3 Å². The van der Waals surface area contributed by atoms with Gasteiger partial charge in [-0.2, -0.15) is 5.10 Å². The van der Waals surface area contributed by atoms with Crippen LogP contribution in [0.25, 0.3) is 10.9 Å². The van der Waals surface area contributed by atoms with E-state index in [1.54, 1.807) is 73.8 Å². The molecule has 9 nitrogen and oxygen atoms in total. The molecule has 0 spiro atoms. The van der Waals surface area contributed by atoms with Crippen LogP contribution in [0, 0.1) is 0 Å². The predicted octanol–water partition coefficient (Wildman–Crippen LogP) is 4.56. The summed E-state index contributed by atoms with van der Waals surface area (Å²) in [5.74, 6) is 0.556. The lowest BCUT2D eigenvalue weighted by Crippen LogP contribution is -2.35. The molecule has 4 N–H and O–H groups in total. The zero-order chi connectivity index (χ0) is 24.5. The lowest BCUT2D eigenvalue weighted by Gasteiger charge is -2.15. The lowest BCUT2D eigenvalue weighted by atomic mass is 10.1. The van der Waals surface area contributed by atoms with E-state index in [0.29, 0.717) is 44.4 Å². The molecule has 0 saturated heterocycles. The van der Waals surface area contributed by atoms with Crippen molar-refractivity contribution in [1.29, 1.82) is 0 Å². The molecule has 174 valence electrons. The summed E-state index contributed by atoms with van der Waals surface area (Å²) in [5, 5.41) is 16.8. The Morgan fingerprint density at radius 2 is 1.63 bits per heavy atom. The Morgan fingerprint density at radius 3 is 2.34 bits per heavy atom. The van der Waals surface area contributed by atoms with E-state index >= 15 is 0 Å². The van der Waals surface area contributed by atoms with E-state index in [0.717, 1.165) is 0 Å². The third-order valence-corrected chi connectivity index (χ3v) is 5.64. The van der Waals surface area contributed by atoms with E-state index in [9.17, 15) is 14.4 Å². The van der Waals surface area contributed by atoms with E-state index in [1.165, 1.54) is 0 Å². The van der Waals surface area contributed by atoms with Crippen LogP contribution in [0.5, 0.6) is 5.75 Å². The van der Waals surface area contributed by atoms with Crippen LogP contribution >= 0.6 is 11.6 Å². The van der Waals surface area contributed by atoms with E-state index in [-0.39, 0.29) is 17.3 Å². The summed E-state index contributed by atoms with van der Waals surface area (Å²) in [4.78, 5) is 37.1. The van der Waals surface area contributed by atoms with Crippen molar-refractivity contribution in [3.05, 3.63) is 97.8 Å². The Hall–Kier alpha value is -4.63. The molecule has 35 heavy (non-hydrogen) atoms. The van der Waals surface area contributed by atoms with E-state index < -0.39 is 10.9 Å². The minimum absolute atomic E-state index is 0.144. The third-order valence-electron chi connectivity index (χ3n) is 5.40. The van der Waals surface area contributed by atoms with Gasteiger partial charge >= 0.3 is 0 Å². The van der Waals surface area contributed by atoms with Crippen LogP contribution in [-0.2, 0) is 0 Å². The van der Waals surface area contributed by atoms with Crippen molar-refractivity contribution in [3.8, 4) is 5.75 Å². The van der Waals surface area contributed by atoms with Crippen LogP contribution in [0.4, 0.5) is 28.6 Å². The Bertz CT molecular complexity index is 1650. The summed E-state index contributed by atoms with van der Waals surface area (Å²) in [7, 11) is 1.54. The molecule has 10 heteroatoms. The maximum Gasteiger partial charge on any atom is 0.256 e. The number of anilines is 5. The average molecular weight is 488 g/mol. The number of H-pyrrole nitrogens is 1. The zero-order valence-electron chi connectivity index (χ0n) is 18.3. The van der Waals surface area contributed by atoms with Crippen molar-refractivity contribution in [3.63, 3.8) is 0 Å². The molecule has 0 saturated carbocycles. The average Bonchev–Trinajstić information content (AvgIpc) is 3.27. The number of rotatable bonds is 7. The zero-order valence-corrected chi connectivity index (χ0v) is 19.1. The first kappa shape index (κ1) is 22.2. The summed E-state index contributed by atoms with van der Waals surface area (Å²) in [6, 6.07) is 18.8. The summed E-state index contributed by atoms with van der Waals surface area (Å²) in [6.45, 7) is 0. The fourth-order valence-electron chi connectivity index (χ4n) is 3.62. The first-order valence-electron chi connectivity index (χ1n) is 10.5. The standard InChI is InChI=1S/C25H18ClN5O4/c1-35-17-7-3-6-15(11-17)27-20-21(23(33)22(20)32)28-16-8-9-19-18(12-16)24(31-30-19)29-25(34)13-4-2-5-14(26)10-13/h2-12,27-28H,1H3,(H2,29,30,31,34). The van der Waals surface area contributed by atoms with Gasteiger partial charge < -0.3 is 20.7 Å². The van der Waals surface area contributed by atoms with E-state index in [2.05, 4.69) is 26.1 Å². The fraction of sp³-hybridized carbons (Fsp3) is 0.0400. The Kier molecular flexibility index (Phi) is 5.68. The van der Waals surface area contributed by atoms with Crippen molar-refractivity contribution in [2.75, 3.05) is 23.1 Å². The topological polar surface area (TPSA) is 125 Å². The predicted molar refractivity (Wildman–Crippen MR) is 136 cm³/mol. The largest absolute Gasteiger partial charge is 0.497 e. The molecule has 0 atom stereocenters. The molecule has 0 fully saturated rings. The molecule has 5 aromatic rings. The number of amides is 1. The maximum atomic E-state index is 12.6. The molecule has 0 aliphatic heterocycles. The molecule has 1 amide bonds. The van der Waals surface area contributed by atoms with E-state index in [4.69, 9.17) is 16.3 Å². The summed E-state index contributed by atoms with van der Waals surface area (Å²) in [5.41, 5.74) is 1.27. The highest BCUT2D eigenvalue weighted by atomic mass is 35.5. The Labute approximate surface area is 203 Å². The molecule has 0 aliphatic carbocycles. The van der Waals surface area contributed by atoms with Crippen LogP contribution in [0.2, 0.25) is 5.02 Å². The second-order valence-electron chi connectivity index (χ2n) is 7.69. The number of carbonyl (C=O) groups is 1. The number of hydrogen-bond donors (Lipinski definition) is 4. The quantitative estimate of drug-likeness (QED) is 0.248. The van der Waals surface area contributed by atoms with Gasteiger partial charge in [0.1, 0.15) is 17.1 Å². The molecule has 0 radical (unpaired) electrons. The number of halogens is 1. The van der Waals surface area contributed by atoms with E-state index in [1.807, 2.05) is 0 Å². The molecular formula is C25H18ClN5O4. The van der Waals surface area contributed by atoms with Gasteiger partial charge in [-0.1, -0.05) is 23.7 Å². The summed E-state index contributed by atoms with van der Waals surface area (Å²) >= 11 is 5.98. The minimum atomic E-state index is -0.628. The lowest BCUT2D eigenvalue weighted by molar-refractivity contribution is 0.102. The molecule has 1 aromatic heterocycles. The van der Waals surface area contributed by atoms with Crippen LogP contribution in [0.3, 0.4) is 0 Å². The van der Waals surface area contributed by atoms with Gasteiger partial charge in [0.2, 0.25) is 0 Å². The highest BCUT2D eigenvalue weighted by molar-refractivity contribution is 6.31. The Balaban J connectivity index is 1.40. The number of benzene rings is 3. The molecule has 4 aromatic carbocycles. The van der Waals surface area contributed by atoms with Gasteiger partial charge in [-0.15, -0.1) is 0 Å². The molecule has 0 bridgehead atoms. The number of nitrogens with zero attached hydrogens (tertiary/aromatic N) is 1. The number of aromatic nitrogens is 2. The van der Waals surface area contributed by atoms with Gasteiger partial charge in [0.25, 0.3) is 16.8 Å². The van der Waals surface area contributed by atoms with Crippen LogP contribution < -0.4 is 31.5 Å². The first-order valence-corrected chi connectivity index (χ1v) is 10.9. The van der Waals surface area contributed by atoms with Gasteiger partial charge in [-0.05, 0) is 48.5 Å². The molecule has 0 unspecified atom stereocenters. The monoisotopic (exact) mass is 487 g/mol. The molecule has 5 rings (SSSR count). The molecular weight excluding hydrogens is 470 g/mol. The summed E-state index contributed by atoms with van der Waals surface area (Å²) in [6.07, 6.45) is 0. The van der Waals surface area contributed by atoms with Crippen molar-refractivity contribution < 1.29 is 9.53 Å². The number of ether oxygens (including phenoxy) is 1. The number of fused-ring (bicyclic) bond motifs is 1. The SMILES string of the molecule is COc1cccc(Nc2c(Nc3ccc4[nH]nc(NC(=O)c5cccc(Cl)c5)c4c3)c(=O)c2=O)c1. The van der Waals surface area contributed by atoms with Crippen molar-refractivity contribution in [2.45, 2.75) is 0 Å². The molecule has 0 aliphatic rings. The normalized spacial score (nSPS) is 10.9. The Morgan fingerprint density at radius 1 is 0.914 bits per heavy atom. The number of methoxy groups -OCH3 is 1.